The summed E-state index contributed by atoms with van der Waals surface area (Å²) in [7, 11) is 1.32. The normalized spacial score (nSPS) is 9.93. The van der Waals surface area contributed by atoms with Crippen molar-refractivity contribution < 1.29 is 9.53 Å². The molecule has 0 bridgehead atoms. The van der Waals surface area contributed by atoms with Crippen LogP contribution in [0.1, 0.15) is 10.4 Å². The van der Waals surface area contributed by atoms with E-state index in [1.54, 1.807) is 24.7 Å². The number of carbonyl (C=O) groups is 1. The highest BCUT2D eigenvalue weighted by Crippen LogP contribution is 2.07. The van der Waals surface area contributed by atoms with E-state index in [0.29, 0.717) is 11.3 Å². The number of methoxy groups -OCH3 is 1. The Morgan fingerprint density at radius 3 is 3.00 bits per heavy atom. The zero-order valence-corrected chi connectivity index (χ0v) is 7.99. The molecule has 2 heterocycles. The minimum atomic E-state index is -0.426. The predicted octanol–water partition coefficient (Wildman–Crippen LogP) is 0.449. The molecule has 0 N–H and O–H groups in total. The van der Waals surface area contributed by atoms with Crippen molar-refractivity contribution in [3.8, 4) is 5.69 Å². The Morgan fingerprint density at radius 1 is 1.47 bits per heavy atom. The van der Waals surface area contributed by atoms with Gasteiger partial charge in [0.05, 0.1) is 37.0 Å². The van der Waals surface area contributed by atoms with Gasteiger partial charge in [-0.05, 0) is 6.07 Å². The zero-order chi connectivity index (χ0) is 10.7. The third kappa shape index (κ3) is 1.83. The Hall–Kier alpha value is -2.24. The van der Waals surface area contributed by atoms with Crippen LogP contribution in [0.3, 0.4) is 0 Å². The highest BCUT2D eigenvalue weighted by atomic mass is 16.5. The number of pyridine rings is 1. The van der Waals surface area contributed by atoms with Gasteiger partial charge in [0.15, 0.2) is 0 Å². The second kappa shape index (κ2) is 3.87. The van der Waals surface area contributed by atoms with Crippen molar-refractivity contribution in [3.05, 3.63) is 36.4 Å². The van der Waals surface area contributed by atoms with E-state index in [1.165, 1.54) is 18.0 Å². The van der Waals surface area contributed by atoms with Crippen LogP contribution in [0.2, 0.25) is 0 Å². The lowest BCUT2D eigenvalue weighted by molar-refractivity contribution is 0.0600. The van der Waals surface area contributed by atoms with Crippen molar-refractivity contribution in [1.82, 2.24) is 20.0 Å². The van der Waals surface area contributed by atoms with Crippen LogP contribution < -0.4 is 0 Å². The van der Waals surface area contributed by atoms with Crippen LogP contribution in [0.15, 0.2) is 30.9 Å². The molecular weight excluding hydrogens is 196 g/mol. The van der Waals surface area contributed by atoms with Gasteiger partial charge in [-0.1, -0.05) is 5.21 Å². The van der Waals surface area contributed by atoms with Crippen LogP contribution in [0.5, 0.6) is 0 Å². The van der Waals surface area contributed by atoms with Gasteiger partial charge in [0.2, 0.25) is 0 Å². The molecule has 2 aromatic heterocycles. The molecule has 0 aromatic carbocycles. The Morgan fingerprint density at radius 2 is 2.33 bits per heavy atom. The zero-order valence-electron chi connectivity index (χ0n) is 7.99. The lowest BCUT2D eigenvalue weighted by atomic mass is 10.2. The third-order valence-electron chi connectivity index (χ3n) is 1.83. The number of rotatable bonds is 2. The monoisotopic (exact) mass is 204 g/mol. The van der Waals surface area contributed by atoms with Gasteiger partial charge in [-0.2, -0.15) is 0 Å². The molecule has 0 aliphatic heterocycles. The van der Waals surface area contributed by atoms with Crippen LogP contribution in [-0.4, -0.2) is 33.1 Å². The minimum Gasteiger partial charge on any atom is -0.465 e. The molecule has 0 fully saturated rings. The first-order valence-electron chi connectivity index (χ1n) is 4.21. The fourth-order valence-corrected chi connectivity index (χ4v) is 1.13. The largest absolute Gasteiger partial charge is 0.465 e. The maximum absolute atomic E-state index is 11.2. The van der Waals surface area contributed by atoms with Crippen LogP contribution in [0.4, 0.5) is 0 Å². The number of esters is 1. The highest BCUT2D eigenvalue weighted by molar-refractivity contribution is 5.89. The van der Waals surface area contributed by atoms with Gasteiger partial charge in [-0.3, -0.25) is 4.98 Å². The standard InChI is InChI=1S/C9H8N4O2/c1-15-9(14)7-4-8(6-10-5-7)13-3-2-11-12-13/h2-6H,1H3. The smallest absolute Gasteiger partial charge is 0.339 e. The first kappa shape index (κ1) is 9.32. The van der Waals surface area contributed by atoms with Gasteiger partial charge in [-0.25, -0.2) is 9.48 Å². The third-order valence-corrected chi connectivity index (χ3v) is 1.83. The van der Waals surface area contributed by atoms with Gasteiger partial charge in [0, 0.05) is 6.20 Å². The van der Waals surface area contributed by atoms with E-state index in [2.05, 4.69) is 20.0 Å². The molecule has 0 aliphatic carbocycles. The second-order valence-corrected chi connectivity index (χ2v) is 2.77. The summed E-state index contributed by atoms with van der Waals surface area (Å²) in [4.78, 5) is 15.1. The molecule has 0 saturated carbocycles. The van der Waals surface area contributed by atoms with Gasteiger partial charge < -0.3 is 4.74 Å². The number of aromatic nitrogens is 4. The summed E-state index contributed by atoms with van der Waals surface area (Å²) in [5, 5.41) is 7.45. The fraction of sp³-hybridized carbons (Fsp3) is 0.111. The molecule has 0 aliphatic rings. The molecule has 0 atom stereocenters. The summed E-state index contributed by atoms with van der Waals surface area (Å²) in [6, 6.07) is 1.63. The molecule has 76 valence electrons. The molecule has 0 spiro atoms. The average Bonchev–Trinajstić information content (AvgIpc) is 2.82. The average molecular weight is 204 g/mol. The van der Waals surface area contributed by atoms with E-state index in [9.17, 15) is 4.79 Å². The maximum Gasteiger partial charge on any atom is 0.339 e. The predicted molar refractivity (Wildman–Crippen MR) is 50.5 cm³/mol. The summed E-state index contributed by atoms with van der Waals surface area (Å²) in [5.41, 5.74) is 1.04. The Kier molecular flexibility index (Phi) is 2.40. The number of nitrogens with zero attached hydrogens (tertiary/aromatic N) is 4. The summed E-state index contributed by atoms with van der Waals surface area (Å²) in [5.74, 6) is -0.426. The summed E-state index contributed by atoms with van der Waals surface area (Å²) in [6.07, 6.45) is 6.23. The van der Waals surface area contributed by atoms with Gasteiger partial charge in [0.25, 0.3) is 0 Å². The molecule has 0 saturated heterocycles. The summed E-state index contributed by atoms with van der Waals surface area (Å²) in [6.45, 7) is 0. The van der Waals surface area contributed by atoms with Gasteiger partial charge in [0.1, 0.15) is 0 Å². The van der Waals surface area contributed by atoms with Crippen molar-refractivity contribution in [3.63, 3.8) is 0 Å². The maximum atomic E-state index is 11.2. The number of carbonyl (C=O) groups excluding carboxylic acids is 1. The molecule has 2 aromatic rings. The van der Waals surface area contributed by atoms with E-state index < -0.39 is 5.97 Å². The van der Waals surface area contributed by atoms with Gasteiger partial charge >= 0.3 is 5.97 Å². The van der Waals surface area contributed by atoms with Crippen molar-refractivity contribution >= 4 is 5.97 Å². The van der Waals surface area contributed by atoms with Crippen molar-refractivity contribution in [2.45, 2.75) is 0 Å². The van der Waals surface area contributed by atoms with E-state index >= 15 is 0 Å². The Labute approximate surface area is 85.5 Å². The summed E-state index contributed by atoms with van der Waals surface area (Å²) >= 11 is 0. The van der Waals surface area contributed by atoms with E-state index in [-0.39, 0.29) is 0 Å². The van der Waals surface area contributed by atoms with E-state index in [4.69, 9.17) is 0 Å². The SMILES string of the molecule is COC(=O)c1cncc(-n2ccnn2)c1. The first-order valence-corrected chi connectivity index (χ1v) is 4.21. The van der Waals surface area contributed by atoms with Crippen molar-refractivity contribution in [1.29, 1.82) is 0 Å². The molecule has 0 unspecified atom stereocenters. The lowest BCUT2D eigenvalue weighted by Crippen LogP contribution is -2.04. The Bertz CT molecular complexity index is 467. The summed E-state index contributed by atoms with van der Waals surface area (Å²) < 4.78 is 6.10. The second-order valence-electron chi connectivity index (χ2n) is 2.77. The van der Waals surface area contributed by atoms with Crippen LogP contribution in [0, 0.1) is 0 Å². The number of ether oxygens (including phenoxy) is 1. The van der Waals surface area contributed by atoms with Crippen LogP contribution >= 0.6 is 0 Å². The number of hydrogen-bond acceptors (Lipinski definition) is 5. The molecule has 6 heteroatoms. The molecule has 0 radical (unpaired) electrons. The van der Waals surface area contributed by atoms with Crippen LogP contribution in [-0.2, 0) is 4.74 Å². The molecular formula is C9H8N4O2. The molecule has 15 heavy (non-hydrogen) atoms. The van der Waals surface area contributed by atoms with E-state index in [1.807, 2.05) is 0 Å². The quantitative estimate of drug-likeness (QED) is 0.664. The van der Waals surface area contributed by atoms with Gasteiger partial charge in [-0.15, -0.1) is 5.10 Å². The van der Waals surface area contributed by atoms with Crippen LogP contribution in [0.25, 0.3) is 5.69 Å². The Balaban J connectivity index is 2.39. The van der Waals surface area contributed by atoms with Crippen molar-refractivity contribution in [2.75, 3.05) is 7.11 Å². The topological polar surface area (TPSA) is 69.9 Å². The first-order chi connectivity index (χ1) is 7.31. The lowest BCUT2D eigenvalue weighted by Gasteiger charge is -2.01. The fourth-order valence-electron chi connectivity index (χ4n) is 1.13. The molecule has 2 rings (SSSR count). The van der Waals surface area contributed by atoms with E-state index in [0.717, 1.165) is 0 Å². The minimum absolute atomic E-state index is 0.380. The molecule has 0 amide bonds. The highest BCUT2D eigenvalue weighted by Gasteiger charge is 2.07. The molecule has 6 nitrogen and oxygen atoms in total. The van der Waals surface area contributed by atoms with Crippen molar-refractivity contribution in [2.24, 2.45) is 0 Å². The number of hydrogen-bond donors (Lipinski definition) is 0.